The first-order chi connectivity index (χ1) is 12.9. The summed E-state index contributed by atoms with van der Waals surface area (Å²) in [4.78, 5) is 14.3. The van der Waals surface area contributed by atoms with Gasteiger partial charge in [-0.3, -0.25) is 4.79 Å². The third-order valence-electron chi connectivity index (χ3n) is 5.75. The number of amides is 1. The molecule has 1 amide bonds. The molecule has 0 aromatic heterocycles. The number of nitrogens with zero attached hydrogens (tertiary/aromatic N) is 3. The van der Waals surface area contributed by atoms with Crippen LogP contribution in [0.15, 0.2) is 30.3 Å². The Bertz CT molecular complexity index is 727. The third kappa shape index (κ3) is 4.51. The Kier molecular flexibility index (Phi) is 6.52. The first-order valence-corrected chi connectivity index (χ1v) is 11.1. The molecule has 1 aliphatic heterocycles. The van der Waals surface area contributed by atoms with Crippen LogP contribution < -0.4 is 5.73 Å². The van der Waals surface area contributed by atoms with Crippen LogP contribution in [0.2, 0.25) is 0 Å². The van der Waals surface area contributed by atoms with E-state index in [1.807, 2.05) is 30.3 Å². The minimum absolute atomic E-state index is 0.0925. The molecule has 0 bridgehead atoms. The predicted octanol–water partition coefficient (Wildman–Crippen LogP) is 1.34. The van der Waals surface area contributed by atoms with Crippen LogP contribution in [-0.2, 0) is 15.0 Å². The molecule has 2 aliphatic rings. The Hall–Kier alpha value is -1.48. The van der Waals surface area contributed by atoms with Crippen molar-refractivity contribution in [3.63, 3.8) is 0 Å². The second-order valence-electron chi connectivity index (χ2n) is 7.43. The third-order valence-corrected chi connectivity index (χ3v) is 7.80. The summed E-state index contributed by atoms with van der Waals surface area (Å²) in [7, 11) is -1.80. The number of rotatable bonds is 5. The van der Waals surface area contributed by atoms with Crippen molar-refractivity contribution in [1.29, 1.82) is 0 Å². The minimum Gasteiger partial charge on any atom is -0.338 e. The average molecular weight is 395 g/mol. The van der Waals surface area contributed by atoms with E-state index in [1.165, 1.54) is 10.7 Å². The highest BCUT2D eigenvalue weighted by Gasteiger charge is 2.36. The first kappa shape index (κ1) is 20.3. The normalized spacial score (nSPS) is 21.4. The summed E-state index contributed by atoms with van der Waals surface area (Å²) >= 11 is 0. The number of piperazine rings is 1. The first-order valence-electron chi connectivity index (χ1n) is 9.73. The van der Waals surface area contributed by atoms with Gasteiger partial charge in [-0.25, -0.2) is 0 Å². The van der Waals surface area contributed by atoms with Gasteiger partial charge in [-0.15, -0.1) is 0 Å². The molecule has 1 heterocycles. The molecule has 1 saturated heterocycles. The molecule has 1 aliphatic carbocycles. The largest absolute Gasteiger partial charge is 0.338 e. The van der Waals surface area contributed by atoms with Gasteiger partial charge in [0.05, 0.1) is 0 Å². The van der Waals surface area contributed by atoms with Crippen molar-refractivity contribution in [3.8, 4) is 0 Å². The monoisotopic (exact) mass is 394 g/mol. The Morgan fingerprint density at radius 3 is 2.26 bits per heavy atom. The van der Waals surface area contributed by atoms with E-state index in [1.54, 1.807) is 16.3 Å². The summed E-state index contributed by atoms with van der Waals surface area (Å²) < 4.78 is 28.9. The standard InChI is InChI=1S/C19H30N4O3S/c1-21(17-10-6-3-7-11-17)27(25,26)23-14-12-22(13-15-23)19(24)18(20)16-8-4-2-5-9-16/h2,4-5,8-9,17-18H,3,6-7,10-15,20H2,1H3. The van der Waals surface area contributed by atoms with E-state index < -0.39 is 16.3 Å². The number of carbonyl (C=O) groups is 1. The van der Waals surface area contributed by atoms with Crippen LogP contribution in [0.5, 0.6) is 0 Å². The van der Waals surface area contributed by atoms with Crippen molar-refractivity contribution in [2.75, 3.05) is 33.2 Å². The van der Waals surface area contributed by atoms with Crippen molar-refractivity contribution < 1.29 is 13.2 Å². The second-order valence-corrected chi connectivity index (χ2v) is 9.42. The molecule has 8 heteroatoms. The van der Waals surface area contributed by atoms with E-state index in [2.05, 4.69) is 0 Å². The Labute approximate surface area is 162 Å². The van der Waals surface area contributed by atoms with Gasteiger partial charge in [0.25, 0.3) is 10.2 Å². The van der Waals surface area contributed by atoms with E-state index in [-0.39, 0.29) is 11.9 Å². The van der Waals surface area contributed by atoms with Crippen molar-refractivity contribution in [3.05, 3.63) is 35.9 Å². The van der Waals surface area contributed by atoms with Crippen LogP contribution in [0.3, 0.4) is 0 Å². The molecule has 1 unspecified atom stereocenters. The lowest BCUT2D eigenvalue weighted by Crippen LogP contribution is -2.56. The van der Waals surface area contributed by atoms with E-state index in [4.69, 9.17) is 5.73 Å². The Morgan fingerprint density at radius 2 is 1.67 bits per heavy atom. The highest BCUT2D eigenvalue weighted by molar-refractivity contribution is 7.86. The smallest absolute Gasteiger partial charge is 0.282 e. The minimum atomic E-state index is -3.49. The van der Waals surface area contributed by atoms with Gasteiger partial charge in [-0.1, -0.05) is 49.6 Å². The highest BCUT2D eigenvalue weighted by atomic mass is 32.2. The zero-order valence-corrected chi connectivity index (χ0v) is 16.8. The van der Waals surface area contributed by atoms with E-state index in [9.17, 15) is 13.2 Å². The Balaban J connectivity index is 1.58. The summed E-state index contributed by atoms with van der Waals surface area (Å²) in [5.74, 6) is -0.154. The lowest BCUT2D eigenvalue weighted by molar-refractivity contribution is -0.134. The van der Waals surface area contributed by atoms with Crippen LogP contribution in [0, 0.1) is 0 Å². The van der Waals surface area contributed by atoms with Crippen LogP contribution in [0.1, 0.15) is 43.7 Å². The van der Waals surface area contributed by atoms with E-state index in [0.717, 1.165) is 31.2 Å². The fourth-order valence-corrected chi connectivity index (χ4v) is 5.53. The van der Waals surface area contributed by atoms with Gasteiger partial charge in [0.15, 0.2) is 0 Å². The van der Waals surface area contributed by atoms with Gasteiger partial charge in [-0.2, -0.15) is 17.0 Å². The lowest BCUT2D eigenvalue weighted by atomic mass is 9.96. The molecule has 150 valence electrons. The van der Waals surface area contributed by atoms with Crippen molar-refractivity contribution in [1.82, 2.24) is 13.5 Å². The molecular weight excluding hydrogens is 364 g/mol. The molecule has 27 heavy (non-hydrogen) atoms. The fraction of sp³-hybridized carbons (Fsp3) is 0.632. The number of hydrogen-bond donors (Lipinski definition) is 1. The lowest BCUT2D eigenvalue weighted by Gasteiger charge is -2.39. The SMILES string of the molecule is CN(C1CCCCC1)S(=O)(=O)N1CCN(C(=O)C(N)c2ccccc2)CC1. The predicted molar refractivity (Wildman–Crippen MR) is 105 cm³/mol. The van der Waals surface area contributed by atoms with Crippen molar-refractivity contribution in [2.45, 2.75) is 44.2 Å². The molecule has 1 saturated carbocycles. The molecule has 3 rings (SSSR count). The summed E-state index contributed by atoms with van der Waals surface area (Å²) in [5.41, 5.74) is 6.88. The number of benzene rings is 1. The van der Waals surface area contributed by atoms with Crippen LogP contribution >= 0.6 is 0 Å². The van der Waals surface area contributed by atoms with E-state index >= 15 is 0 Å². The number of hydrogen-bond acceptors (Lipinski definition) is 4. The second kappa shape index (κ2) is 8.68. The number of carbonyl (C=O) groups excluding carboxylic acids is 1. The van der Waals surface area contributed by atoms with Gasteiger partial charge >= 0.3 is 0 Å². The molecule has 2 N–H and O–H groups in total. The molecule has 1 aromatic rings. The quantitative estimate of drug-likeness (QED) is 0.816. The van der Waals surface area contributed by atoms with Gasteiger partial charge in [0.2, 0.25) is 5.91 Å². The molecule has 1 atom stereocenters. The molecular formula is C19H30N4O3S. The summed E-state index contributed by atoms with van der Waals surface area (Å²) in [5, 5.41) is 0. The molecule has 7 nitrogen and oxygen atoms in total. The van der Waals surface area contributed by atoms with Crippen molar-refractivity contribution >= 4 is 16.1 Å². The maximum Gasteiger partial charge on any atom is 0.282 e. The zero-order chi connectivity index (χ0) is 19.4. The van der Waals surface area contributed by atoms with E-state index in [0.29, 0.717) is 26.2 Å². The average Bonchev–Trinajstić information content (AvgIpc) is 2.73. The topological polar surface area (TPSA) is 87.0 Å². The van der Waals surface area contributed by atoms with Gasteiger partial charge in [0, 0.05) is 39.3 Å². The van der Waals surface area contributed by atoms with Crippen LogP contribution in [0.4, 0.5) is 0 Å². The number of nitrogens with two attached hydrogens (primary N) is 1. The molecule has 0 spiro atoms. The Morgan fingerprint density at radius 1 is 1.07 bits per heavy atom. The van der Waals surface area contributed by atoms with Gasteiger partial charge in [-0.05, 0) is 18.4 Å². The maximum atomic E-state index is 12.9. The molecule has 2 fully saturated rings. The maximum absolute atomic E-state index is 12.9. The van der Waals surface area contributed by atoms with Crippen LogP contribution in [0.25, 0.3) is 0 Å². The van der Waals surface area contributed by atoms with Gasteiger partial charge in [0.1, 0.15) is 6.04 Å². The molecule has 0 radical (unpaired) electrons. The summed E-state index contributed by atoms with van der Waals surface area (Å²) in [6.07, 6.45) is 5.22. The molecule has 1 aromatic carbocycles. The highest BCUT2D eigenvalue weighted by Crippen LogP contribution is 2.25. The van der Waals surface area contributed by atoms with Gasteiger partial charge < -0.3 is 10.6 Å². The van der Waals surface area contributed by atoms with Crippen LogP contribution in [-0.4, -0.2) is 67.1 Å². The summed E-state index contributed by atoms with van der Waals surface area (Å²) in [6.45, 7) is 1.37. The summed E-state index contributed by atoms with van der Waals surface area (Å²) in [6, 6.07) is 8.65. The zero-order valence-electron chi connectivity index (χ0n) is 16.0. The van der Waals surface area contributed by atoms with Crippen molar-refractivity contribution in [2.24, 2.45) is 5.73 Å². The fourth-order valence-electron chi connectivity index (χ4n) is 3.95.